The number of fused-ring (bicyclic) bond motifs is 2. The molecule has 0 radical (unpaired) electrons. The molecule has 120 valence electrons. The molecule has 4 heteroatoms. The minimum Gasteiger partial charge on any atom is -0.481 e. The Kier molecular flexibility index (Phi) is 4.39. The van der Waals surface area contributed by atoms with Crippen LogP contribution >= 0.6 is 0 Å². The van der Waals surface area contributed by atoms with Crippen LogP contribution in [0.3, 0.4) is 0 Å². The summed E-state index contributed by atoms with van der Waals surface area (Å²) >= 11 is 0. The maximum absolute atomic E-state index is 12.4. The average molecular weight is 303 g/mol. The summed E-state index contributed by atoms with van der Waals surface area (Å²) < 4.78 is 5.72. The van der Waals surface area contributed by atoms with Gasteiger partial charge in [0, 0.05) is 18.6 Å². The summed E-state index contributed by atoms with van der Waals surface area (Å²) in [5.41, 5.74) is 1.16. The Bertz CT molecular complexity index is 528. The molecule has 5 unspecified atom stereocenters. The first-order valence-corrected chi connectivity index (χ1v) is 8.23. The number of aryl methyl sites for hydroxylation is 1. The highest BCUT2D eigenvalue weighted by atomic mass is 16.5. The molecular formula is C18H25NO3. The van der Waals surface area contributed by atoms with Crippen LogP contribution in [0.4, 0.5) is 0 Å². The third-order valence-electron chi connectivity index (χ3n) is 5.31. The second-order valence-electron chi connectivity index (χ2n) is 6.79. The smallest absolute Gasteiger partial charge is 0.261 e. The van der Waals surface area contributed by atoms with Gasteiger partial charge in [-0.15, -0.1) is 0 Å². The van der Waals surface area contributed by atoms with Gasteiger partial charge in [-0.2, -0.15) is 0 Å². The number of hydrogen-bond acceptors (Lipinski definition) is 3. The van der Waals surface area contributed by atoms with E-state index in [9.17, 15) is 9.90 Å². The standard InChI is InChI=1S/C18H25NO3/c1-11-3-7-15(8-4-11)22-12(2)18(21)19-17-14-6-5-13(9-14)16(17)10-20/h3-4,7-8,12-14,16-17,20H,5-6,9-10H2,1-2H3,(H,19,21). The van der Waals surface area contributed by atoms with E-state index < -0.39 is 6.10 Å². The average Bonchev–Trinajstić information content (AvgIpc) is 3.10. The zero-order chi connectivity index (χ0) is 15.7. The molecule has 3 rings (SSSR count). The summed E-state index contributed by atoms with van der Waals surface area (Å²) in [7, 11) is 0. The summed E-state index contributed by atoms with van der Waals surface area (Å²) in [6.45, 7) is 3.96. The Morgan fingerprint density at radius 3 is 2.68 bits per heavy atom. The number of hydrogen-bond donors (Lipinski definition) is 2. The highest BCUT2D eigenvalue weighted by Gasteiger charge is 2.47. The van der Waals surface area contributed by atoms with Crippen LogP contribution in [0.25, 0.3) is 0 Å². The van der Waals surface area contributed by atoms with Crippen LogP contribution in [0.2, 0.25) is 0 Å². The van der Waals surface area contributed by atoms with Gasteiger partial charge in [0.1, 0.15) is 5.75 Å². The lowest BCUT2D eigenvalue weighted by atomic mass is 9.85. The second kappa shape index (κ2) is 6.29. The Hall–Kier alpha value is -1.55. The van der Waals surface area contributed by atoms with E-state index in [1.165, 1.54) is 12.8 Å². The molecule has 1 aromatic carbocycles. The maximum Gasteiger partial charge on any atom is 0.261 e. The third kappa shape index (κ3) is 2.98. The van der Waals surface area contributed by atoms with Crippen molar-refractivity contribution in [1.82, 2.24) is 5.32 Å². The number of aliphatic hydroxyl groups excluding tert-OH is 1. The topological polar surface area (TPSA) is 58.6 Å². The Labute approximate surface area is 131 Å². The van der Waals surface area contributed by atoms with Gasteiger partial charge in [-0.3, -0.25) is 4.79 Å². The molecule has 2 aliphatic rings. The van der Waals surface area contributed by atoms with E-state index >= 15 is 0 Å². The minimum absolute atomic E-state index is 0.0865. The minimum atomic E-state index is -0.527. The summed E-state index contributed by atoms with van der Waals surface area (Å²) in [6, 6.07) is 7.82. The van der Waals surface area contributed by atoms with Crippen molar-refractivity contribution in [3.63, 3.8) is 0 Å². The van der Waals surface area contributed by atoms with Crippen LogP contribution in [0.15, 0.2) is 24.3 Å². The molecule has 1 amide bonds. The molecule has 0 aliphatic heterocycles. The Balaban J connectivity index is 1.58. The number of rotatable bonds is 5. The van der Waals surface area contributed by atoms with Gasteiger partial charge >= 0.3 is 0 Å². The third-order valence-corrected chi connectivity index (χ3v) is 5.31. The molecule has 0 spiro atoms. The van der Waals surface area contributed by atoms with Gasteiger partial charge in [0.2, 0.25) is 0 Å². The zero-order valence-electron chi connectivity index (χ0n) is 13.3. The van der Waals surface area contributed by atoms with Gasteiger partial charge in [0.15, 0.2) is 6.10 Å². The van der Waals surface area contributed by atoms with Gasteiger partial charge < -0.3 is 15.2 Å². The Morgan fingerprint density at radius 2 is 2.00 bits per heavy atom. The lowest BCUT2D eigenvalue weighted by Gasteiger charge is -2.31. The molecule has 2 aliphatic carbocycles. The largest absolute Gasteiger partial charge is 0.481 e. The molecule has 2 saturated carbocycles. The van der Waals surface area contributed by atoms with Crippen molar-refractivity contribution >= 4 is 5.91 Å². The summed E-state index contributed by atoms with van der Waals surface area (Å²) in [5.74, 6) is 1.94. The van der Waals surface area contributed by atoms with E-state index in [0.29, 0.717) is 17.6 Å². The van der Waals surface area contributed by atoms with E-state index in [4.69, 9.17) is 4.74 Å². The number of carbonyl (C=O) groups is 1. The van der Waals surface area contributed by atoms with Crippen molar-refractivity contribution in [3.05, 3.63) is 29.8 Å². The van der Waals surface area contributed by atoms with Crippen molar-refractivity contribution in [2.75, 3.05) is 6.61 Å². The van der Waals surface area contributed by atoms with Crippen LogP contribution in [0.1, 0.15) is 31.7 Å². The molecule has 4 nitrogen and oxygen atoms in total. The monoisotopic (exact) mass is 303 g/mol. The molecule has 2 N–H and O–H groups in total. The molecule has 22 heavy (non-hydrogen) atoms. The van der Waals surface area contributed by atoms with Gasteiger partial charge in [0.05, 0.1) is 0 Å². The number of ether oxygens (including phenoxy) is 1. The molecule has 5 atom stereocenters. The SMILES string of the molecule is Cc1ccc(OC(C)C(=O)NC2C3CCC(C3)C2CO)cc1. The summed E-state index contributed by atoms with van der Waals surface area (Å²) in [5, 5.41) is 12.7. The van der Waals surface area contributed by atoms with Crippen molar-refractivity contribution in [1.29, 1.82) is 0 Å². The van der Waals surface area contributed by atoms with E-state index in [1.807, 2.05) is 31.2 Å². The molecular weight excluding hydrogens is 278 g/mol. The number of amides is 1. The van der Waals surface area contributed by atoms with Gasteiger partial charge in [-0.25, -0.2) is 0 Å². The maximum atomic E-state index is 12.4. The van der Waals surface area contributed by atoms with Gasteiger partial charge in [0.25, 0.3) is 5.91 Å². The van der Waals surface area contributed by atoms with Crippen LogP contribution < -0.4 is 10.1 Å². The first-order chi connectivity index (χ1) is 10.6. The van der Waals surface area contributed by atoms with Crippen LogP contribution in [0, 0.1) is 24.7 Å². The molecule has 0 heterocycles. The van der Waals surface area contributed by atoms with E-state index in [2.05, 4.69) is 5.32 Å². The molecule has 2 bridgehead atoms. The second-order valence-corrected chi connectivity index (χ2v) is 6.79. The highest BCUT2D eigenvalue weighted by molar-refractivity contribution is 5.81. The van der Waals surface area contributed by atoms with Crippen LogP contribution in [0.5, 0.6) is 5.75 Å². The fraction of sp³-hybridized carbons (Fsp3) is 0.611. The lowest BCUT2D eigenvalue weighted by Crippen LogP contribution is -2.49. The van der Waals surface area contributed by atoms with E-state index in [1.54, 1.807) is 6.92 Å². The predicted octanol–water partition coefficient (Wildman–Crippen LogP) is 2.29. The van der Waals surface area contributed by atoms with Crippen LogP contribution in [-0.2, 0) is 4.79 Å². The first kappa shape index (κ1) is 15.3. The number of aliphatic hydroxyl groups is 1. The van der Waals surface area contributed by atoms with Crippen molar-refractivity contribution in [2.24, 2.45) is 17.8 Å². The number of benzene rings is 1. The molecule has 0 aromatic heterocycles. The zero-order valence-corrected chi connectivity index (χ0v) is 13.3. The summed E-state index contributed by atoms with van der Waals surface area (Å²) in [4.78, 5) is 12.4. The van der Waals surface area contributed by atoms with Crippen molar-refractivity contribution in [3.8, 4) is 5.75 Å². The number of nitrogens with one attached hydrogen (secondary N) is 1. The predicted molar refractivity (Wildman–Crippen MR) is 84.6 cm³/mol. The van der Waals surface area contributed by atoms with Crippen molar-refractivity contribution < 1.29 is 14.6 Å². The number of carbonyl (C=O) groups excluding carboxylic acids is 1. The van der Waals surface area contributed by atoms with Crippen molar-refractivity contribution in [2.45, 2.75) is 45.3 Å². The first-order valence-electron chi connectivity index (χ1n) is 8.23. The fourth-order valence-electron chi connectivity index (χ4n) is 4.05. The molecule has 1 aromatic rings. The molecule has 2 fully saturated rings. The van der Waals surface area contributed by atoms with Crippen LogP contribution in [-0.4, -0.2) is 29.8 Å². The fourth-order valence-corrected chi connectivity index (χ4v) is 4.05. The van der Waals surface area contributed by atoms with Gasteiger partial charge in [-0.1, -0.05) is 17.7 Å². The molecule has 0 saturated heterocycles. The lowest BCUT2D eigenvalue weighted by molar-refractivity contribution is -0.128. The Morgan fingerprint density at radius 1 is 1.32 bits per heavy atom. The quantitative estimate of drug-likeness (QED) is 0.877. The van der Waals surface area contributed by atoms with E-state index in [0.717, 1.165) is 12.0 Å². The normalized spacial score (nSPS) is 31.0. The highest BCUT2D eigenvalue weighted by Crippen LogP contribution is 2.48. The summed E-state index contributed by atoms with van der Waals surface area (Å²) in [6.07, 6.45) is 2.97. The van der Waals surface area contributed by atoms with E-state index in [-0.39, 0.29) is 24.5 Å². The van der Waals surface area contributed by atoms with Gasteiger partial charge in [-0.05, 0) is 57.1 Å².